The lowest BCUT2D eigenvalue weighted by Gasteiger charge is -2.37. The van der Waals surface area contributed by atoms with E-state index in [4.69, 9.17) is 21.9 Å². The molecule has 228 valence electrons. The van der Waals surface area contributed by atoms with Crippen molar-refractivity contribution in [1.82, 2.24) is 16.0 Å². The van der Waals surface area contributed by atoms with Crippen LogP contribution in [0.3, 0.4) is 0 Å². The Kier molecular flexibility index (Phi) is 7.89. The van der Waals surface area contributed by atoms with Crippen molar-refractivity contribution in [2.75, 3.05) is 19.3 Å². The number of nitrogens with one attached hydrogen (secondary N) is 3. The van der Waals surface area contributed by atoms with E-state index in [1.807, 2.05) is 43.3 Å². The standard InChI is InChI=1S/C33H36N6O4S/c1-17-14-21(43-20-6-4-3-5-7-20)10-11-22(17)33(36)23-12-13-24(34)29-26(23)27(28(35)31(33)41)30(44-29)32(42)39-19-9-8-18(15-19)38-25(40)16-37-2/h3-7,10-14,18-19,28,37H,8-9,15-16,34-36H2,1-2H3,(H,38,40)(H,39,42)/t18-,19-,28?,33?/m0/s1. The number of amides is 2. The highest BCUT2D eigenvalue weighted by Crippen LogP contribution is 2.50. The fourth-order valence-corrected chi connectivity index (χ4v) is 7.73. The second-order valence-corrected chi connectivity index (χ2v) is 12.6. The van der Waals surface area contributed by atoms with Gasteiger partial charge in [-0.25, -0.2) is 0 Å². The number of anilines is 1. The zero-order valence-corrected chi connectivity index (χ0v) is 25.4. The molecular weight excluding hydrogens is 576 g/mol. The van der Waals surface area contributed by atoms with Crippen molar-refractivity contribution in [3.63, 3.8) is 0 Å². The Labute approximate surface area is 259 Å². The van der Waals surface area contributed by atoms with Crippen molar-refractivity contribution in [3.8, 4) is 11.5 Å². The van der Waals surface area contributed by atoms with Gasteiger partial charge in [0.15, 0.2) is 5.78 Å². The number of Topliss-reactive ketones (excluding diaryl/α,β-unsaturated/α-hetero) is 1. The third kappa shape index (κ3) is 5.11. The summed E-state index contributed by atoms with van der Waals surface area (Å²) in [5.74, 6) is 0.506. The predicted octanol–water partition coefficient (Wildman–Crippen LogP) is 3.36. The number of nitrogens with two attached hydrogens (primary N) is 3. The number of thiophene rings is 1. The van der Waals surface area contributed by atoms with Gasteiger partial charge in [-0.05, 0) is 80.3 Å². The van der Waals surface area contributed by atoms with Gasteiger partial charge in [0.2, 0.25) is 5.91 Å². The molecule has 2 unspecified atom stereocenters. The number of benzene rings is 3. The summed E-state index contributed by atoms with van der Waals surface area (Å²) in [7, 11) is 1.72. The maximum Gasteiger partial charge on any atom is 0.261 e. The van der Waals surface area contributed by atoms with Crippen molar-refractivity contribution in [1.29, 1.82) is 0 Å². The Hall–Kier alpha value is -4.29. The minimum absolute atomic E-state index is 0.0152. The minimum Gasteiger partial charge on any atom is -0.457 e. The number of para-hydroxylation sites is 1. The fraction of sp³-hybridized carbons (Fsp3) is 0.303. The first-order valence-corrected chi connectivity index (χ1v) is 15.5. The molecule has 2 aliphatic carbocycles. The summed E-state index contributed by atoms with van der Waals surface area (Å²) in [5.41, 5.74) is 21.5. The van der Waals surface area contributed by atoms with Crippen LogP contribution in [-0.4, -0.2) is 43.3 Å². The molecule has 6 rings (SSSR count). The first kappa shape index (κ1) is 29.8. The van der Waals surface area contributed by atoms with Crippen LogP contribution in [0.1, 0.15) is 57.2 Å². The van der Waals surface area contributed by atoms with E-state index in [0.717, 1.165) is 18.4 Å². The van der Waals surface area contributed by atoms with Gasteiger partial charge in [-0.15, -0.1) is 11.3 Å². The van der Waals surface area contributed by atoms with Gasteiger partial charge in [0.05, 0.1) is 22.2 Å². The second-order valence-electron chi connectivity index (χ2n) is 11.6. The number of hydrogen-bond donors (Lipinski definition) is 6. The molecule has 2 aliphatic rings. The number of carbonyl (C=O) groups excluding carboxylic acids is 3. The summed E-state index contributed by atoms with van der Waals surface area (Å²) in [4.78, 5) is 40.3. The fourth-order valence-electron chi connectivity index (χ4n) is 6.53. The van der Waals surface area contributed by atoms with E-state index < -0.39 is 17.4 Å². The smallest absolute Gasteiger partial charge is 0.261 e. The number of rotatable bonds is 8. The van der Waals surface area contributed by atoms with Gasteiger partial charge >= 0.3 is 0 Å². The maximum absolute atomic E-state index is 14.2. The molecular formula is C33H36N6O4S. The molecule has 1 saturated carbocycles. The summed E-state index contributed by atoms with van der Waals surface area (Å²) >= 11 is 1.23. The first-order valence-electron chi connectivity index (χ1n) is 14.6. The number of ketones is 1. The molecule has 1 heterocycles. The number of hydrogen-bond acceptors (Lipinski definition) is 9. The minimum atomic E-state index is -1.56. The highest BCUT2D eigenvalue weighted by molar-refractivity contribution is 7.21. The molecule has 0 aliphatic heterocycles. The molecule has 44 heavy (non-hydrogen) atoms. The lowest BCUT2D eigenvalue weighted by molar-refractivity contribution is -0.124. The molecule has 1 fully saturated rings. The summed E-state index contributed by atoms with van der Waals surface area (Å²) < 4.78 is 6.67. The number of carbonyl (C=O) groups is 3. The Morgan fingerprint density at radius 1 is 1.00 bits per heavy atom. The third-order valence-electron chi connectivity index (χ3n) is 8.59. The number of nitrogen functional groups attached to an aromatic ring is 1. The topological polar surface area (TPSA) is 175 Å². The highest BCUT2D eigenvalue weighted by atomic mass is 32.1. The van der Waals surface area contributed by atoms with Crippen LogP contribution in [0.25, 0.3) is 10.1 Å². The average molecular weight is 613 g/mol. The van der Waals surface area contributed by atoms with Gasteiger partial charge < -0.3 is 37.9 Å². The zero-order chi connectivity index (χ0) is 31.2. The van der Waals surface area contributed by atoms with Gasteiger partial charge in [-0.3, -0.25) is 14.4 Å². The molecule has 1 aromatic heterocycles. The van der Waals surface area contributed by atoms with E-state index >= 15 is 0 Å². The van der Waals surface area contributed by atoms with Crippen LogP contribution in [-0.2, 0) is 15.1 Å². The number of aryl methyl sites for hydroxylation is 1. The third-order valence-corrected chi connectivity index (χ3v) is 9.84. The Morgan fingerprint density at radius 2 is 1.70 bits per heavy atom. The van der Waals surface area contributed by atoms with Gasteiger partial charge in [-0.2, -0.15) is 0 Å². The molecule has 4 atom stereocenters. The van der Waals surface area contributed by atoms with E-state index in [9.17, 15) is 14.4 Å². The molecule has 0 bridgehead atoms. The van der Waals surface area contributed by atoms with Crippen LogP contribution in [0, 0.1) is 6.92 Å². The molecule has 10 nitrogen and oxygen atoms in total. The van der Waals surface area contributed by atoms with Gasteiger partial charge in [0.1, 0.15) is 17.0 Å². The van der Waals surface area contributed by atoms with E-state index in [1.54, 1.807) is 31.3 Å². The molecule has 0 saturated heterocycles. The highest BCUT2D eigenvalue weighted by Gasteiger charge is 2.49. The van der Waals surface area contributed by atoms with Crippen molar-refractivity contribution in [2.24, 2.45) is 11.5 Å². The van der Waals surface area contributed by atoms with E-state index in [-0.39, 0.29) is 30.4 Å². The molecule has 3 aromatic carbocycles. The Balaban J connectivity index is 1.33. The summed E-state index contributed by atoms with van der Waals surface area (Å²) in [6.45, 7) is 2.12. The largest absolute Gasteiger partial charge is 0.457 e. The van der Waals surface area contributed by atoms with Gasteiger partial charge in [-0.1, -0.05) is 30.3 Å². The molecule has 0 radical (unpaired) electrons. The van der Waals surface area contributed by atoms with Crippen molar-refractivity contribution < 1.29 is 19.1 Å². The molecule has 2 amide bonds. The monoisotopic (exact) mass is 612 g/mol. The number of likely N-dealkylation sites (N-methyl/N-ethyl adjacent to an activating group) is 1. The molecule has 11 heteroatoms. The van der Waals surface area contributed by atoms with Crippen LogP contribution < -0.4 is 37.9 Å². The zero-order valence-electron chi connectivity index (χ0n) is 24.6. The maximum atomic E-state index is 14.2. The SMILES string of the molecule is CNCC(=O)N[C@H]1CC[C@H](NC(=O)c2sc3c(N)ccc4c3c2C(N)C(=O)C4(N)c2ccc(Oc3ccccc3)cc2C)C1. The Bertz CT molecular complexity index is 1770. The van der Waals surface area contributed by atoms with Crippen molar-refractivity contribution in [3.05, 3.63) is 87.8 Å². The Morgan fingerprint density at radius 3 is 2.41 bits per heavy atom. The molecule has 9 N–H and O–H groups in total. The lowest BCUT2D eigenvalue weighted by atomic mass is 9.69. The van der Waals surface area contributed by atoms with Crippen LogP contribution in [0.5, 0.6) is 11.5 Å². The summed E-state index contributed by atoms with van der Waals surface area (Å²) in [6, 6.07) is 17.1. The second kappa shape index (κ2) is 11.7. The van der Waals surface area contributed by atoms with E-state index in [2.05, 4.69) is 16.0 Å². The van der Waals surface area contributed by atoms with E-state index in [0.29, 0.717) is 55.3 Å². The molecule has 4 aromatic rings. The van der Waals surface area contributed by atoms with Crippen LogP contribution in [0.2, 0.25) is 0 Å². The number of ether oxygens (including phenoxy) is 1. The predicted molar refractivity (Wildman–Crippen MR) is 172 cm³/mol. The quantitative estimate of drug-likeness (QED) is 0.164. The van der Waals surface area contributed by atoms with Crippen LogP contribution in [0.15, 0.2) is 60.7 Å². The summed E-state index contributed by atoms with van der Waals surface area (Å²) in [6.07, 6.45) is 2.11. The summed E-state index contributed by atoms with van der Waals surface area (Å²) in [5, 5.41) is 9.59. The van der Waals surface area contributed by atoms with Crippen molar-refractivity contribution >= 4 is 44.7 Å². The normalized spacial score (nSPS) is 22.6. The van der Waals surface area contributed by atoms with Crippen molar-refractivity contribution in [2.45, 2.75) is 49.9 Å². The van der Waals surface area contributed by atoms with E-state index in [1.165, 1.54) is 11.3 Å². The molecule has 0 spiro atoms. The van der Waals surface area contributed by atoms with Gasteiger partial charge in [0, 0.05) is 28.7 Å². The first-order chi connectivity index (χ1) is 21.1. The van der Waals surface area contributed by atoms with Crippen LogP contribution in [0.4, 0.5) is 5.69 Å². The van der Waals surface area contributed by atoms with Gasteiger partial charge in [0.25, 0.3) is 5.91 Å². The van der Waals surface area contributed by atoms with Crippen LogP contribution >= 0.6 is 11.3 Å². The average Bonchev–Trinajstić information content (AvgIpc) is 3.61. The lowest BCUT2D eigenvalue weighted by Crippen LogP contribution is -2.53.